The van der Waals surface area contributed by atoms with Crippen molar-refractivity contribution in [1.29, 1.82) is 0 Å². The number of allylic oxidation sites excluding steroid dienone is 2. The fraction of sp³-hybridized carbons (Fsp3) is 0.810. The van der Waals surface area contributed by atoms with E-state index in [1.165, 1.54) is 7.11 Å². The predicted molar refractivity (Wildman–Crippen MR) is 108 cm³/mol. The summed E-state index contributed by atoms with van der Waals surface area (Å²) in [6.45, 7) is 2.14. The van der Waals surface area contributed by atoms with E-state index in [1.807, 2.05) is 0 Å². The number of ether oxygens (including phenoxy) is 1. The molecule has 0 aromatic carbocycles. The number of aliphatic hydroxyl groups excluding tert-OH is 1. The lowest BCUT2D eigenvalue weighted by molar-refractivity contribution is -0.140. The summed E-state index contributed by atoms with van der Waals surface area (Å²) in [4.78, 5) is 23.1. The van der Waals surface area contributed by atoms with Gasteiger partial charge in [-0.15, -0.1) is 0 Å². The zero-order valence-electron chi connectivity index (χ0n) is 16.4. The molecule has 0 heterocycles. The molecule has 5 heteroatoms. The lowest BCUT2D eigenvalue weighted by Gasteiger charge is -2.22. The SMILES string of the molecule is CCCCCC(=O)CC[C@H]1C(S)CC(O)[C@@H]1C/C=C\CCCC(=O)OC. The average Bonchev–Trinajstić information content (AvgIpc) is 2.89. The second kappa shape index (κ2) is 13.4. The fourth-order valence-corrected chi connectivity index (χ4v) is 4.35. The van der Waals surface area contributed by atoms with Gasteiger partial charge in [-0.1, -0.05) is 31.9 Å². The largest absolute Gasteiger partial charge is 0.469 e. The van der Waals surface area contributed by atoms with Gasteiger partial charge in [0.25, 0.3) is 0 Å². The number of hydrogen-bond donors (Lipinski definition) is 2. The lowest BCUT2D eigenvalue weighted by atomic mass is 9.86. The van der Waals surface area contributed by atoms with Crippen LogP contribution in [0.5, 0.6) is 0 Å². The molecule has 0 bridgehead atoms. The van der Waals surface area contributed by atoms with Crippen molar-refractivity contribution in [1.82, 2.24) is 0 Å². The zero-order chi connectivity index (χ0) is 19.4. The van der Waals surface area contributed by atoms with Crippen LogP contribution in [0, 0.1) is 11.8 Å². The molecule has 26 heavy (non-hydrogen) atoms. The molecule has 4 nitrogen and oxygen atoms in total. The van der Waals surface area contributed by atoms with Crippen LogP contribution in [-0.4, -0.2) is 35.3 Å². The molecule has 2 unspecified atom stereocenters. The predicted octanol–water partition coefficient (Wildman–Crippen LogP) is 4.50. The number of carbonyl (C=O) groups excluding carboxylic acids is 2. The Balaban J connectivity index is 2.36. The molecule has 1 saturated carbocycles. The molecule has 0 aromatic heterocycles. The number of ketones is 1. The normalized spacial score (nSPS) is 25.7. The lowest BCUT2D eigenvalue weighted by Crippen LogP contribution is -2.21. The van der Waals surface area contributed by atoms with Gasteiger partial charge in [0.1, 0.15) is 5.78 Å². The Hall–Kier alpha value is -0.810. The van der Waals surface area contributed by atoms with Gasteiger partial charge in [-0.3, -0.25) is 9.59 Å². The first-order chi connectivity index (χ1) is 12.5. The summed E-state index contributed by atoms with van der Waals surface area (Å²) in [7, 11) is 1.40. The van der Waals surface area contributed by atoms with Crippen LogP contribution in [0.4, 0.5) is 0 Å². The highest BCUT2D eigenvalue weighted by Crippen LogP contribution is 2.41. The third-order valence-corrected chi connectivity index (χ3v) is 5.99. The summed E-state index contributed by atoms with van der Waals surface area (Å²) in [5.74, 6) is 0.643. The summed E-state index contributed by atoms with van der Waals surface area (Å²) in [6, 6.07) is 0. The van der Waals surface area contributed by atoms with Gasteiger partial charge in [-0.2, -0.15) is 12.6 Å². The van der Waals surface area contributed by atoms with Gasteiger partial charge in [0.2, 0.25) is 0 Å². The minimum atomic E-state index is -0.336. The summed E-state index contributed by atoms with van der Waals surface area (Å²) in [6.07, 6.45) is 12.8. The third-order valence-electron chi connectivity index (χ3n) is 5.39. The summed E-state index contributed by atoms with van der Waals surface area (Å²) >= 11 is 4.66. The Morgan fingerprint density at radius 1 is 1.12 bits per heavy atom. The molecule has 0 radical (unpaired) electrons. The van der Waals surface area contributed by atoms with Crippen LogP contribution >= 0.6 is 12.6 Å². The van der Waals surface area contributed by atoms with Crippen LogP contribution < -0.4 is 0 Å². The van der Waals surface area contributed by atoms with Gasteiger partial charge >= 0.3 is 5.97 Å². The van der Waals surface area contributed by atoms with Gasteiger partial charge in [0.15, 0.2) is 0 Å². The van der Waals surface area contributed by atoms with Crippen molar-refractivity contribution >= 4 is 24.4 Å². The third kappa shape index (κ3) is 8.72. The topological polar surface area (TPSA) is 63.6 Å². The smallest absolute Gasteiger partial charge is 0.305 e. The number of rotatable bonds is 13. The van der Waals surface area contributed by atoms with Crippen molar-refractivity contribution in [2.24, 2.45) is 11.8 Å². The van der Waals surface area contributed by atoms with Crippen LogP contribution in [0.2, 0.25) is 0 Å². The maximum atomic E-state index is 12.0. The van der Waals surface area contributed by atoms with Gasteiger partial charge in [0.05, 0.1) is 13.2 Å². The molecular formula is C21H36O4S. The molecular weight excluding hydrogens is 348 g/mol. The molecule has 1 rings (SSSR count). The number of Topliss-reactive ketones (excluding diaryl/α,β-unsaturated/α-hetero) is 1. The van der Waals surface area contributed by atoms with Gasteiger partial charge in [0, 0.05) is 24.5 Å². The number of carbonyl (C=O) groups is 2. The Morgan fingerprint density at radius 2 is 1.88 bits per heavy atom. The number of thiol groups is 1. The van der Waals surface area contributed by atoms with E-state index >= 15 is 0 Å². The van der Waals surface area contributed by atoms with Crippen molar-refractivity contribution in [2.45, 2.75) is 88.9 Å². The molecule has 1 aliphatic carbocycles. The van der Waals surface area contributed by atoms with E-state index in [2.05, 4.69) is 36.4 Å². The van der Waals surface area contributed by atoms with Crippen LogP contribution in [0.3, 0.4) is 0 Å². The standard InChI is InChI=1S/C21H36O4S/c1-3-4-7-10-16(22)13-14-18-17(19(23)15-20(18)26)11-8-5-6-9-12-21(24)25-2/h5,8,17-20,23,26H,3-4,6-7,9-15H2,1-2H3/b8-5-/t17-,18-,19?,20?/m1/s1. The van der Waals surface area contributed by atoms with E-state index in [0.29, 0.717) is 37.4 Å². The van der Waals surface area contributed by atoms with Crippen molar-refractivity contribution in [2.75, 3.05) is 7.11 Å². The molecule has 150 valence electrons. The number of methoxy groups -OCH3 is 1. The molecule has 1 aliphatic rings. The quantitative estimate of drug-likeness (QED) is 0.212. The van der Waals surface area contributed by atoms with Crippen molar-refractivity contribution < 1.29 is 19.4 Å². The number of esters is 1. The molecule has 0 spiro atoms. The molecule has 0 aliphatic heterocycles. The Morgan fingerprint density at radius 3 is 2.58 bits per heavy atom. The molecule has 0 aromatic rings. The van der Waals surface area contributed by atoms with Gasteiger partial charge < -0.3 is 9.84 Å². The average molecular weight is 385 g/mol. The van der Waals surface area contributed by atoms with Crippen LogP contribution in [0.1, 0.15) is 77.6 Å². The first kappa shape index (κ1) is 23.2. The monoisotopic (exact) mass is 384 g/mol. The van der Waals surface area contributed by atoms with Crippen molar-refractivity contribution in [3.8, 4) is 0 Å². The molecule has 0 saturated heterocycles. The van der Waals surface area contributed by atoms with Gasteiger partial charge in [-0.25, -0.2) is 0 Å². The Bertz CT molecular complexity index is 449. The molecule has 1 N–H and O–H groups in total. The molecule has 4 atom stereocenters. The molecule has 1 fully saturated rings. The highest BCUT2D eigenvalue weighted by molar-refractivity contribution is 7.81. The van der Waals surface area contributed by atoms with E-state index in [4.69, 9.17) is 0 Å². The van der Waals surface area contributed by atoms with E-state index in [-0.39, 0.29) is 23.2 Å². The van der Waals surface area contributed by atoms with E-state index in [9.17, 15) is 14.7 Å². The second-order valence-electron chi connectivity index (χ2n) is 7.41. The van der Waals surface area contributed by atoms with Crippen molar-refractivity contribution in [3.63, 3.8) is 0 Å². The Kier molecular flexibility index (Phi) is 11.9. The minimum absolute atomic E-state index is 0.172. The maximum Gasteiger partial charge on any atom is 0.305 e. The summed E-state index contributed by atoms with van der Waals surface area (Å²) in [5, 5.41) is 10.5. The van der Waals surface area contributed by atoms with E-state index in [0.717, 1.165) is 44.9 Å². The minimum Gasteiger partial charge on any atom is -0.469 e. The summed E-state index contributed by atoms with van der Waals surface area (Å²) < 4.78 is 4.62. The highest BCUT2D eigenvalue weighted by Gasteiger charge is 2.39. The summed E-state index contributed by atoms with van der Waals surface area (Å²) in [5.41, 5.74) is 0. The van der Waals surface area contributed by atoms with Crippen LogP contribution in [-0.2, 0) is 14.3 Å². The molecule has 0 amide bonds. The van der Waals surface area contributed by atoms with Crippen LogP contribution in [0.15, 0.2) is 12.2 Å². The van der Waals surface area contributed by atoms with Gasteiger partial charge in [-0.05, 0) is 50.4 Å². The highest BCUT2D eigenvalue weighted by atomic mass is 32.1. The second-order valence-corrected chi connectivity index (χ2v) is 8.07. The zero-order valence-corrected chi connectivity index (χ0v) is 17.3. The maximum absolute atomic E-state index is 12.0. The van der Waals surface area contributed by atoms with Crippen LogP contribution in [0.25, 0.3) is 0 Å². The fourth-order valence-electron chi connectivity index (χ4n) is 3.77. The van der Waals surface area contributed by atoms with E-state index in [1.54, 1.807) is 0 Å². The number of aliphatic hydroxyl groups is 1. The number of unbranched alkanes of at least 4 members (excludes halogenated alkanes) is 3. The van der Waals surface area contributed by atoms with Crippen molar-refractivity contribution in [3.05, 3.63) is 12.2 Å². The van der Waals surface area contributed by atoms with E-state index < -0.39 is 0 Å². The first-order valence-electron chi connectivity index (χ1n) is 10.1. The first-order valence-corrected chi connectivity index (χ1v) is 10.6. The number of hydrogen-bond acceptors (Lipinski definition) is 5. The Labute approximate surface area is 164 Å².